The average molecular weight is 379 g/mol. The summed E-state index contributed by atoms with van der Waals surface area (Å²) in [4.78, 5) is 25.3. The van der Waals surface area contributed by atoms with Crippen molar-refractivity contribution in [2.45, 2.75) is 19.4 Å². The van der Waals surface area contributed by atoms with Gasteiger partial charge < -0.3 is 15.8 Å². The molecule has 142 valence electrons. The van der Waals surface area contributed by atoms with Gasteiger partial charge in [0.25, 0.3) is 5.91 Å². The van der Waals surface area contributed by atoms with Crippen molar-refractivity contribution in [2.24, 2.45) is 0 Å². The fourth-order valence-electron chi connectivity index (χ4n) is 3.50. The van der Waals surface area contributed by atoms with Crippen molar-refractivity contribution in [1.29, 1.82) is 0 Å². The van der Waals surface area contributed by atoms with Crippen LogP contribution in [0, 0.1) is 12.7 Å². The van der Waals surface area contributed by atoms with Gasteiger partial charge in [0.05, 0.1) is 35.8 Å². The van der Waals surface area contributed by atoms with E-state index in [0.29, 0.717) is 40.4 Å². The van der Waals surface area contributed by atoms with E-state index in [1.807, 2.05) is 0 Å². The number of methoxy groups -OCH3 is 1. The predicted molar refractivity (Wildman–Crippen MR) is 101 cm³/mol. The first-order chi connectivity index (χ1) is 13.5. The van der Waals surface area contributed by atoms with E-state index in [9.17, 15) is 9.18 Å². The number of rotatable bonds is 3. The van der Waals surface area contributed by atoms with Gasteiger partial charge in [-0.1, -0.05) is 6.07 Å². The fourth-order valence-corrected chi connectivity index (χ4v) is 3.50. The summed E-state index contributed by atoms with van der Waals surface area (Å²) < 4.78 is 19.3. The number of hydrogen-bond donors (Lipinski definition) is 2. The molecule has 1 amide bonds. The number of ether oxygens (including phenoxy) is 1. The molecule has 7 nitrogen and oxygen atoms in total. The number of benzene rings is 1. The summed E-state index contributed by atoms with van der Waals surface area (Å²) in [5.41, 5.74) is 9.16. The Balaban J connectivity index is 1.81. The summed E-state index contributed by atoms with van der Waals surface area (Å²) in [5, 5.41) is 2.97. The van der Waals surface area contributed by atoms with E-state index in [0.717, 1.165) is 5.56 Å². The SMILES string of the molecule is COc1ccnc(-c2cc(F)ccc2[C@H]2Cc3nc(N)nc(C)c3C(=O)N2)c1. The van der Waals surface area contributed by atoms with Gasteiger partial charge in [-0.05, 0) is 30.7 Å². The van der Waals surface area contributed by atoms with Gasteiger partial charge in [-0.3, -0.25) is 9.78 Å². The Hall–Kier alpha value is -3.55. The fraction of sp³-hybridized carbons (Fsp3) is 0.200. The molecule has 0 saturated heterocycles. The third-order valence-electron chi connectivity index (χ3n) is 4.75. The molecule has 0 unspecified atom stereocenters. The standard InChI is InChI=1S/C20H18FN5O2/c1-10-18-17(26-20(22)24-10)9-16(25-19(18)27)13-4-3-11(21)7-14(13)15-8-12(28-2)5-6-23-15/h3-8,16H,9H2,1-2H3,(H,25,27)(H2,22,24,26)/t16-/m1/s1. The highest BCUT2D eigenvalue weighted by atomic mass is 19.1. The van der Waals surface area contributed by atoms with Crippen LogP contribution >= 0.6 is 0 Å². The zero-order chi connectivity index (χ0) is 19.8. The highest BCUT2D eigenvalue weighted by Crippen LogP contribution is 2.34. The summed E-state index contributed by atoms with van der Waals surface area (Å²) in [6.07, 6.45) is 2.01. The van der Waals surface area contributed by atoms with Crippen LogP contribution in [-0.2, 0) is 6.42 Å². The molecule has 1 atom stereocenters. The second kappa shape index (κ2) is 6.88. The van der Waals surface area contributed by atoms with Crippen LogP contribution < -0.4 is 15.8 Å². The van der Waals surface area contributed by atoms with Crippen molar-refractivity contribution in [1.82, 2.24) is 20.3 Å². The molecule has 4 rings (SSSR count). The molecular weight excluding hydrogens is 361 g/mol. The largest absolute Gasteiger partial charge is 0.497 e. The monoisotopic (exact) mass is 379 g/mol. The zero-order valence-corrected chi connectivity index (χ0v) is 15.4. The number of carbonyl (C=O) groups excluding carboxylic acids is 1. The first-order valence-corrected chi connectivity index (χ1v) is 8.70. The molecule has 0 spiro atoms. The third kappa shape index (κ3) is 3.13. The predicted octanol–water partition coefficient (Wildman–Crippen LogP) is 2.60. The van der Waals surface area contributed by atoms with Crippen LogP contribution in [0.4, 0.5) is 10.3 Å². The normalized spacial score (nSPS) is 15.7. The lowest BCUT2D eigenvalue weighted by atomic mass is 9.90. The Morgan fingerprint density at radius 3 is 2.86 bits per heavy atom. The number of carbonyl (C=O) groups is 1. The minimum Gasteiger partial charge on any atom is -0.497 e. The minimum atomic E-state index is -0.405. The van der Waals surface area contributed by atoms with Crippen molar-refractivity contribution in [2.75, 3.05) is 12.8 Å². The number of nitrogen functional groups attached to an aromatic ring is 1. The molecule has 1 aromatic carbocycles. The van der Waals surface area contributed by atoms with Crippen molar-refractivity contribution >= 4 is 11.9 Å². The maximum Gasteiger partial charge on any atom is 0.255 e. The molecule has 3 aromatic rings. The van der Waals surface area contributed by atoms with Gasteiger partial charge in [-0.2, -0.15) is 0 Å². The first-order valence-electron chi connectivity index (χ1n) is 8.70. The van der Waals surface area contributed by atoms with E-state index in [4.69, 9.17) is 10.5 Å². The van der Waals surface area contributed by atoms with Gasteiger partial charge in [0.15, 0.2) is 0 Å². The molecule has 1 aliphatic rings. The van der Waals surface area contributed by atoms with Crippen LogP contribution in [-0.4, -0.2) is 28.0 Å². The lowest BCUT2D eigenvalue weighted by Gasteiger charge is -2.27. The summed E-state index contributed by atoms with van der Waals surface area (Å²) in [5.74, 6) is 0.0545. The molecule has 1 aliphatic heterocycles. The lowest BCUT2D eigenvalue weighted by Crippen LogP contribution is -2.37. The van der Waals surface area contributed by atoms with Gasteiger partial charge in [-0.15, -0.1) is 0 Å². The number of aromatic nitrogens is 3. The number of anilines is 1. The van der Waals surface area contributed by atoms with Crippen molar-refractivity contribution in [3.63, 3.8) is 0 Å². The van der Waals surface area contributed by atoms with E-state index in [-0.39, 0.29) is 11.9 Å². The van der Waals surface area contributed by atoms with Crippen LogP contribution in [0.1, 0.15) is 33.4 Å². The van der Waals surface area contributed by atoms with Gasteiger partial charge in [0, 0.05) is 24.2 Å². The van der Waals surface area contributed by atoms with Crippen molar-refractivity contribution in [3.05, 3.63) is 64.9 Å². The van der Waals surface area contributed by atoms with Crippen LogP contribution in [0.5, 0.6) is 5.75 Å². The Labute approximate surface area is 160 Å². The van der Waals surface area contributed by atoms with Gasteiger partial charge >= 0.3 is 0 Å². The number of nitrogens with zero attached hydrogens (tertiary/aromatic N) is 3. The van der Waals surface area contributed by atoms with Gasteiger partial charge in [0.1, 0.15) is 11.6 Å². The summed E-state index contributed by atoms with van der Waals surface area (Å²) >= 11 is 0. The van der Waals surface area contributed by atoms with E-state index in [1.165, 1.54) is 12.1 Å². The highest BCUT2D eigenvalue weighted by molar-refractivity contribution is 5.98. The van der Waals surface area contributed by atoms with Crippen molar-refractivity contribution < 1.29 is 13.9 Å². The Morgan fingerprint density at radius 2 is 2.07 bits per heavy atom. The molecule has 8 heteroatoms. The molecule has 0 saturated carbocycles. The molecule has 0 aliphatic carbocycles. The first kappa shape index (κ1) is 17.8. The molecule has 3 heterocycles. The van der Waals surface area contributed by atoms with E-state index in [1.54, 1.807) is 38.4 Å². The molecule has 0 radical (unpaired) electrons. The van der Waals surface area contributed by atoms with Crippen molar-refractivity contribution in [3.8, 4) is 17.0 Å². The number of fused-ring (bicyclic) bond motifs is 1. The lowest BCUT2D eigenvalue weighted by molar-refractivity contribution is 0.0922. The summed E-state index contributed by atoms with van der Waals surface area (Å²) in [6, 6.07) is 7.44. The second-order valence-corrected chi connectivity index (χ2v) is 6.53. The maximum atomic E-state index is 14.0. The highest BCUT2D eigenvalue weighted by Gasteiger charge is 2.30. The number of pyridine rings is 1. The number of nitrogens with one attached hydrogen (secondary N) is 1. The third-order valence-corrected chi connectivity index (χ3v) is 4.75. The smallest absolute Gasteiger partial charge is 0.255 e. The molecule has 0 fully saturated rings. The summed E-state index contributed by atoms with van der Waals surface area (Å²) in [7, 11) is 1.55. The molecule has 0 bridgehead atoms. The van der Waals surface area contributed by atoms with E-state index >= 15 is 0 Å². The summed E-state index contributed by atoms with van der Waals surface area (Å²) in [6.45, 7) is 1.72. The Bertz CT molecular complexity index is 1090. The van der Waals surface area contributed by atoms with Crippen LogP contribution in [0.3, 0.4) is 0 Å². The Morgan fingerprint density at radius 1 is 1.25 bits per heavy atom. The second-order valence-electron chi connectivity index (χ2n) is 6.53. The zero-order valence-electron chi connectivity index (χ0n) is 15.4. The topological polar surface area (TPSA) is 103 Å². The minimum absolute atomic E-state index is 0.124. The van der Waals surface area contributed by atoms with Crippen LogP contribution in [0.25, 0.3) is 11.3 Å². The van der Waals surface area contributed by atoms with Gasteiger partial charge in [0.2, 0.25) is 5.95 Å². The van der Waals surface area contributed by atoms with E-state index in [2.05, 4.69) is 20.3 Å². The number of nitrogens with two attached hydrogens (primary N) is 1. The molecular formula is C20H18FN5O2. The number of amides is 1. The van der Waals surface area contributed by atoms with E-state index < -0.39 is 11.9 Å². The van der Waals surface area contributed by atoms with Crippen LogP contribution in [0.2, 0.25) is 0 Å². The maximum absolute atomic E-state index is 14.0. The molecule has 2 aromatic heterocycles. The quantitative estimate of drug-likeness (QED) is 0.725. The molecule has 3 N–H and O–H groups in total. The number of aryl methyl sites for hydroxylation is 1. The number of hydrogen-bond acceptors (Lipinski definition) is 6. The molecule has 28 heavy (non-hydrogen) atoms. The number of halogens is 1. The Kier molecular flexibility index (Phi) is 4.38. The average Bonchev–Trinajstić information content (AvgIpc) is 2.67. The van der Waals surface area contributed by atoms with Gasteiger partial charge in [-0.25, -0.2) is 14.4 Å². The van der Waals surface area contributed by atoms with Crippen LogP contribution in [0.15, 0.2) is 36.5 Å².